The summed E-state index contributed by atoms with van der Waals surface area (Å²) in [6, 6.07) is 14.2. The van der Waals surface area contributed by atoms with E-state index < -0.39 is 0 Å². The molecule has 0 aliphatic carbocycles. The van der Waals surface area contributed by atoms with Gasteiger partial charge in [-0.3, -0.25) is 4.99 Å². The zero-order valence-electron chi connectivity index (χ0n) is 46.6. The number of hydrogen-bond donors (Lipinski definition) is 0. The molecular formula is C66H114N2. The van der Waals surface area contributed by atoms with Crippen molar-refractivity contribution in [3.05, 3.63) is 70.8 Å². The maximum Gasteiger partial charge on any atom is 0.0848 e. The molecule has 388 valence electrons. The van der Waals surface area contributed by atoms with Crippen molar-refractivity contribution in [3.63, 3.8) is 0 Å². The number of rotatable bonds is 48. The highest BCUT2D eigenvalue weighted by atomic mass is 14.8. The fourth-order valence-electron chi connectivity index (χ4n) is 10.0. The van der Waals surface area contributed by atoms with Crippen molar-refractivity contribution in [2.75, 3.05) is 0 Å². The molecule has 2 nitrogen and oxygen atoms in total. The van der Waals surface area contributed by atoms with E-state index in [-0.39, 0.29) is 0 Å². The van der Waals surface area contributed by atoms with Crippen LogP contribution in [-0.4, -0.2) is 11.4 Å². The Labute approximate surface area is 425 Å². The number of allylic oxidation sites excluding steroid dienone is 2. The van der Waals surface area contributed by atoms with Gasteiger partial charge in [-0.05, 0) is 130 Å². The smallest absolute Gasteiger partial charge is 0.0848 e. The number of hydrogen-bond acceptors (Lipinski definition) is 2. The number of benzene rings is 2. The summed E-state index contributed by atoms with van der Waals surface area (Å²) in [6.45, 7) is 13.9. The minimum atomic E-state index is 0.980. The summed E-state index contributed by atoms with van der Waals surface area (Å²) in [4.78, 5) is 11.1. The van der Waals surface area contributed by atoms with E-state index in [0.29, 0.717) is 0 Å². The zero-order chi connectivity index (χ0) is 48.8. The van der Waals surface area contributed by atoms with Crippen LogP contribution >= 0.6 is 0 Å². The van der Waals surface area contributed by atoms with E-state index in [0.717, 1.165) is 42.8 Å². The van der Waals surface area contributed by atoms with Gasteiger partial charge in [-0.2, -0.15) is 0 Å². The normalized spacial score (nSPS) is 12.3. The van der Waals surface area contributed by atoms with Crippen molar-refractivity contribution >= 4 is 22.8 Å². The summed E-state index contributed by atoms with van der Waals surface area (Å²) in [6.07, 6.45) is 63.6. The Morgan fingerprint density at radius 1 is 0.324 bits per heavy atom. The maximum absolute atomic E-state index is 5.56. The lowest BCUT2D eigenvalue weighted by Crippen LogP contribution is -2.12. The molecule has 0 saturated carbocycles. The van der Waals surface area contributed by atoms with Gasteiger partial charge in [0.15, 0.2) is 0 Å². The second-order valence-electron chi connectivity index (χ2n) is 21.2. The van der Waals surface area contributed by atoms with Crippen LogP contribution in [0, 0.1) is 0 Å². The van der Waals surface area contributed by atoms with Crippen molar-refractivity contribution in [1.29, 1.82) is 0 Å². The fraction of sp³-hybridized carbons (Fsp3) is 0.758. The summed E-state index contributed by atoms with van der Waals surface area (Å²) in [5.41, 5.74) is 10.5. The van der Waals surface area contributed by atoms with E-state index in [2.05, 4.69) is 90.1 Å². The molecule has 0 atom stereocenters. The quantitative estimate of drug-likeness (QED) is 0.0467. The lowest BCUT2D eigenvalue weighted by molar-refractivity contribution is 0.517. The standard InChI is InChI=1S/C66H114N2/c1-7-13-19-21-23-24-25-26-27-28-29-30-31-32-33-34-35-36-37-38-39-40-41-42-44-46-52-66(68-64-56-54-60(48-16-10-4)62(58-64)50-18-12-6)65(51-45-43-22-20-14-8-2)67-63-55-53-59(47-15-9-3)61(57-63)49-17-11-5/h46,52-58H,7-45,47-51H2,1-6H3. The van der Waals surface area contributed by atoms with E-state index >= 15 is 0 Å². The molecule has 2 rings (SSSR count). The molecule has 2 aromatic carbocycles. The summed E-state index contributed by atoms with van der Waals surface area (Å²) >= 11 is 0. The summed E-state index contributed by atoms with van der Waals surface area (Å²) < 4.78 is 0. The van der Waals surface area contributed by atoms with Gasteiger partial charge < -0.3 is 0 Å². The molecule has 0 heterocycles. The molecule has 68 heavy (non-hydrogen) atoms. The first-order valence-corrected chi connectivity index (χ1v) is 30.7. The molecule has 0 fully saturated rings. The van der Waals surface area contributed by atoms with Gasteiger partial charge in [-0.15, -0.1) is 0 Å². The van der Waals surface area contributed by atoms with Gasteiger partial charge in [0.25, 0.3) is 0 Å². The zero-order valence-corrected chi connectivity index (χ0v) is 46.6. The number of aliphatic imine (C=N–C) groups is 2. The highest BCUT2D eigenvalue weighted by Gasteiger charge is 2.12. The third-order valence-electron chi connectivity index (χ3n) is 14.7. The molecule has 0 aliphatic heterocycles. The Kier molecular flexibility index (Phi) is 41.4. The second kappa shape index (κ2) is 45.6. The Hall–Kier alpha value is -2.48. The molecule has 2 heteroatoms. The maximum atomic E-state index is 5.56. The molecule has 0 unspecified atom stereocenters. The summed E-state index contributed by atoms with van der Waals surface area (Å²) in [5.74, 6) is 0. The van der Waals surface area contributed by atoms with Crippen LogP contribution in [0.2, 0.25) is 0 Å². The van der Waals surface area contributed by atoms with Crippen LogP contribution in [0.15, 0.2) is 58.5 Å². The van der Waals surface area contributed by atoms with Gasteiger partial charge in [0.2, 0.25) is 0 Å². The molecule has 0 spiro atoms. The average molecular weight is 936 g/mol. The van der Waals surface area contributed by atoms with E-state index in [9.17, 15) is 0 Å². The largest absolute Gasteiger partial charge is 0.251 e. The van der Waals surface area contributed by atoms with Gasteiger partial charge >= 0.3 is 0 Å². The van der Waals surface area contributed by atoms with Crippen molar-refractivity contribution in [2.24, 2.45) is 9.98 Å². The van der Waals surface area contributed by atoms with Crippen LogP contribution in [0.1, 0.15) is 321 Å². The van der Waals surface area contributed by atoms with E-state index in [4.69, 9.17) is 9.98 Å². The van der Waals surface area contributed by atoms with Crippen molar-refractivity contribution in [2.45, 2.75) is 324 Å². The molecule has 0 saturated heterocycles. The molecule has 0 amide bonds. The first kappa shape index (κ1) is 61.6. The van der Waals surface area contributed by atoms with E-state index in [1.807, 2.05) is 0 Å². The van der Waals surface area contributed by atoms with Crippen LogP contribution in [0.3, 0.4) is 0 Å². The molecule has 2 aromatic rings. The summed E-state index contributed by atoms with van der Waals surface area (Å²) in [7, 11) is 0. The third-order valence-corrected chi connectivity index (χ3v) is 14.7. The lowest BCUT2D eigenvalue weighted by Gasteiger charge is -2.13. The molecule has 0 aliphatic rings. The minimum absolute atomic E-state index is 0.980. The SMILES string of the molecule is CCCCCCCCCCCCCCCCCCCCCCCCCCC=CC(=Nc1ccc(CCCC)c(CCCC)c1)C(CCCCCCCC)=Nc1ccc(CCCC)c(CCCC)c1. The lowest BCUT2D eigenvalue weighted by atomic mass is 9.97. The first-order valence-electron chi connectivity index (χ1n) is 30.7. The van der Waals surface area contributed by atoms with Crippen LogP contribution in [0.4, 0.5) is 11.4 Å². The Balaban J connectivity index is 1.99. The van der Waals surface area contributed by atoms with Crippen molar-refractivity contribution in [1.82, 2.24) is 0 Å². The predicted octanol–water partition coefficient (Wildman–Crippen LogP) is 23.0. The molecule has 0 N–H and O–H groups in total. The van der Waals surface area contributed by atoms with Crippen LogP contribution in [0.25, 0.3) is 0 Å². The van der Waals surface area contributed by atoms with Crippen LogP contribution < -0.4 is 0 Å². The molecule has 0 aromatic heterocycles. The molecule has 0 bridgehead atoms. The van der Waals surface area contributed by atoms with E-state index in [1.165, 1.54) is 285 Å². The van der Waals surface area contributed by atoms with Crippen molar-refractivity contribution < 1.29 is 0 Å². The highest BCUT2D eigenvalue weighted by molar-refractivity contribution is 6.47. The third kappa shape index (κ3) is 32.4. The van der Waals surface area contributed by atoms with Gasteiger partial charge in [0.1, 0.15) is 0 Å². The molecular weight excluding hydrogens is 821 g/mol. The Morgan fingerprint density at radius 2 is 0.632 bits per heavy atom. The number of unbranched alkanes of at least 4 members (excludes halogenated alkanes) is 33. The van der Waals surface area contributed by atoms with Crippen molar-refractivity contribution in [3.8, 4) is 0 Å². The topological polar surface area (TPSA) is 24.7 Å². The fourth-order valence-corrected chi connectivity index (χ4v) is 10.0. The second-order valence-corrected chi connectivity index (χ2v) is 21.2. The number of aryl methyl sites for hydroxylation is 4. The van der Waals surface area contributed by atoms with Gasteiger partial charge in [-0.1, -0.05) is 265 Å². The number of nitrogens with zero attached hydrogens (tertiary/aromatic N) is 2. The first-order chi connectivity index (χ1) is 33.6. The Morgan fingerprint density at radius 3 is 1.00 bits per heavy atom. The highest BCUT2D eigenvalue weighted by Crippen LogP contribution is 2.27. The molecule has 0 radical (unpaired) electrons. The van der Waals surface area contributed by atoms with Crippen LogP contribution in [0.5, 0.6) is 0 Å². The van der Waals surface area contributed by atoms with E-state index in [1.54, 1.807) is 0 Å². The van der Waals surface area contributed by atoms with Gasteiger partial charge in [0.05, 0.1) is 22.8 Å². The average Bonchev–Trinajstić information content (AvgIpc) is 3.35. The van der Waals surface area contributed by atoms with Gasteiger partial charge in [-0.25, -0.2) is 4.99 Å². The minimum Gasteiger partial charge on any atom is -0.251 e. The monoisotopic (exact) mass is 935 g/mol. The van der Waals surface area contributed by atoms with Crippen LogP contribution in [-0.2, 0) is 25.7 Å². The van der Waals surface area contributed by atoms with Gasteiger partial charge in [0, 0.05) is 0 Å². The summed E-state index contributed by atoms with van der Waals surface area (Å²) in [5, 5.41) is 0. The Bertz CT molecular complexity index is 1530. The predicted molar refractivity (Wildman–Crippen MR) is 310 cm³/mol.